The number of nitrogen functional groups attached to an aromatic ring is 1. The summed E-state index contributed by atoms with van der Waals surface area (Å²) in [6.45, 7) is 0. The van der Waals surface area contributed by atoms with Crippen molar-refractivity contribution in [2.45, 2.75) is 25.3 Å². The zero-order valence-corrected chi connectivity index (χ0v) is 14.0. The molecule has 0 saturated carbocycles. The number of nitrogens with one attached hydrogen (secondary N) is 1. The van der Waals surface area contributed by atoms with Gasteiger partial charge in [-0.2, -0.15) is 0 Å². The second kappa shape index (κ2) is 6.83. The van der Waals surface area contributed by atoms with E-state index in [9.17, 15) is 4.79 Å². The van der Waals surface area contributed by atoms with E-state index in [0.29, 0.717) is 17.1 Å². The van der Waals surface area contributed by atoms with Gasteiger partial charge < -0.3 is 20.5 Å². The van der Waals surface area contributed by atoms with Gasteiger partial charge in [-0.15, -0.1) is 0 Å². The summed E-state index contributed by atoms with van der Waals surface area (Å²) in [5.41, 5.74) is 9.56. The lowest BCUT2D eigenvalue weighted by Crippen LogP contribution is -2.31. The van der Waals surface area contributed by atoms with Gasteiger partial charge in [-0.3, -0.25) is 4.79 Å². The Morgan fingerprint density at radius 2 is 1.92 bits per heavy atom. The molecule has 2 aromatic rings. The molecule has 3 N–H and O–H groups in total. The predicted molar refractivity (Wildman–Crippen MR) is 93.5 cm³/mol. The van der Waals surface area contributed by atoms with E-state index < -0.39 is 0 Å². The Bertz CT molecular complexity index is 758. The minimum absolute atomic E-state index is 0.00921. The summed E-state index contributed by atoms with van der Waals surface area (Å²) in [5.74, 6) is 1.03. The number of amides is 1. The van der Waals surface area contributed by atoms with Crippen LogP contribution in [0.2, 0.25) is 0 Å². The van der Waals surface area contributed by atoms with Gasteiger partial charge in [0.25, 0.3) is 5.91 Å². The van der Waals surface area contributed by atoms with Crippen LogP contribution in [0.25, 0.3) is 0 Å². The number of anilines is 1. The van der Waals surface area contributed by atoms with Gasteiger partial charge in [0.1, 0.15) is 0 Å². The van der Waals surface area contributed by atoms with E-state index >= 15 is 0 Å². The Kier molecular flexibility index (Phi) is 4.60. The molecule has 5 heteroatoms. The van der Waals surface area contributed by atoms with Crippen LogP contribution < -0.4 is 20.5 Å². The highest BCUT2D eigenvalue weighted by Crippen LogP contribution is 2.32. The first-order valence-electron chi connectivity index (χ1n) is 8.03. The fourth-order valence-electron chi connectivity index (χ4n) is 3.20. The van der Waals surface area contributed by atoms with Gasteiger partial charge in [0.05, 0.1) is 20.3 Å². The molecule has 2 aromatic carbocycles. The van der Waals surface area contributed by atoms with E-state index in [4.69, 9.17) is 15.2 Å². The molecule has 0 radical (unpaired) electrons. The van der Waals surface area contributed by atoms with Crippen molar-refractivity contribution in [1.82, 2.24) is 5.32 Å². The molecular weight excluding hydrogens is 304 g/mol. The number of fused-ring (bicyclic) bond motifs is 1. The highest BCUT2D eigenvalue weighted by Gasteiger charge is 2.22. The number of methoxy groups -OCH3 is 2. The molecule has 1 aliphatic carbocycles. The topological polar surface area (TPSA) is 73.6 Å². The predicted octanol–water partition coefficient (Wildman–Crippen LogP) is 3.09. The number of ether oxygens (including phenoxy) is 2. The minimum Gasteiger partial charge on any atom is -0.493 e. The molecule has 0 spiro atoms. The molecule has 0 saturated heterocycles. The first kappa shape index (κ1) is 16.2. The van der Waals surface area contributed by atoms with Crippen molar-refractivity contribution in [2.24, 2.45) is 0 Å². The molecule has 0 fully saturated rings. The summed E-state index contributed by atoms with van der Waals surface area (Å²) >= 11 is 0. The summed E-state index contributed by atoms with van der Waals surface area (Å²) < 4.78 is 10.5. The van der Waals surface area contributed by atoms with Gasteiger partial charge in [0, 0.05) is 11.3 Å². The molecule has 0 aliphatic heterocycles. The lowest BCUT2D eigenvalue weighted by molar-refractivity contribution is 0.0932. The third-order valence-corrected chi connectivity index (χ3v) is 4.43. The molecule has 1 atom stereocenters. The largest absolute Gasteiger partial charge is 0.493 e. The Morgan fingerprint density at radius 1 is 1.12 bits per heavy atom. The van der Waals surface area contributed by atoms with E-state index in [0.717, 1.165) is 30.5 Å². The smallest absolute Gasteiger partial charge is 0.251 e. The van der Waals surface area contributed by atoms with Gasteiger partial charge in [-0.05, 0) is 60.7 Å². The summed E-state index contributed by atoms with van der Waals surface area (Å²) in [4.78, 5) is 12.6. The highest BCUT2D eigenvalue weighted by atomic mass is 16.5. The van der Waals surface area contributed by atoms with Gasteiger partial charge in [-0.25, -0.2) is 0 Å². The molecule has 0 heterocycles. The molecule has 5 nitrogen and oxygen atoms in total. The summed E-state index contributed by atoms with van der Waals surface area (Å²) in [6.07, 6.45) is 2.96. The van der Waals surface area contributed by atoms with Crippen molar-refractivity contribution in [1.29, 1.82) is 0 Å². The van der Waals surface area contributed by atoms with Crippen LogP contribution in [0.15, 0.2) is 36.4 Å². The normalized spacial score (nSPS) is 16.2. The lowest BCUT2D eigenvalue weighted by Gasteiger charge is -2.26. The van der Waals surface area contributed by atoms with E-state index in [-0.39, 0.29) is 11.9 Å². The number of nitrogens with two attached hydrogens (primary N) is 1. The highest BCUT2D eigenvalue weighted by molar-refractivity contribution is 5.95. The molecular formula is C19H22N2O3. The third kappa shape index (κ3) is 3.15. The van der Waals surface area contributed by atoms with Crippen molar-refractivity contribution in [3.63, 3.8) is 0 Å². The van der Waals surface area contributed by atoms with Crippen LogP contribution in [0.5, 0.6) is 11.5 Å². The van der Waals surface area contributed by atoms with E-state index in [1.165, 1.54) is 5.56 Å². The quantitative estimate of drug-likeness (QED) is 0.847. The molecule has 1 aliphatic rings. The number of hydrogen-bond donors (Lipinski definition) is 2. The van der Waals surface area contributed by atoms with E-state index in [2.05, 4.69) is 5.32 Å². The second-order valence-corrected chi connectivity index (χ2v) is 5.95. The van der Waals surface area contributed by atoms with Crippen LogP contribution in [0.3, 0.4) is 0 Å². The van der Waals surface area contributed by atoms with Crippen LogP contribution in [-0.4, -0.2) is 20.1 Å². The fourth-order valence-corrected chi connectivity index (χ4v) is 3.20. The summed E-state index contributed by atoms with van der Waals surface area (Å²) in [7, 11) is 3.13. The van der Waals surface area contributed by atoms with Crippen molar-refractivity contribution in [3.8, 4) is 11.5 Å². The van der Waals surface area contributed by atoms with Gasteiger partial charge in [0.2, 0.25) is 0 Å². The molecule has 0 bridgehead atoms. The minimum atomic E-state index is -0.120. The Balaban J connectivity index is 1.81. The molecule has 24 heavy (non-hydrogen) atoms. The van der Waals surface area contributed by atoms with Crippen LogP contribution in [0.4, 0.5) is 5.69 Å². The van der Waals surface area contributed by atoms with Crippen molar-refractivity contribution in [2.75, 3.05) is 20.0 Å². The Hall–Kier alpha value is -2.69. The van der Waals surface area contributed by atoms with E-state index in [1.807, 2.05) is 18.2 Å². The van der Waals surface area contributed by atoms with Gasteiger partial charge in [-0.1, -0.05) is 6.07 Å². The number of rotatable bonds is 4. The molecule has 1 unspecified atom stereocenters. The standard InChI is InChI=1S/C19H22N2O3/c1-23-17-9-6-13(11-18(17)24-2)19(22)21-16-5-3-4-12-10-14(20)7-8-15(12)16/h6-11,16H,3-5,20H2,1-2H3,(H,21,22). The maximum absolute atomic E-state index is 12.6. The van der Waals surface area contributed by atoms with Crippen LogP contribution in [0.1, 0.15) is 40.4 Å². The molecule has 3 rings (SSSR count). The maximum Gasteiger partial charge on any atom is 0.251 e. The first-order valence-corrected chi connectivity index (χ1v) is 8.03. The van der Waals surface area contributed by atoms with Crippen LogP contribution in [0, 0.1) is 0 Å². The number of carbonyl (C=O) groups is 1. The first-order chi connectivity index (χ1) is 11.6. The number of aryl methyl sites for hydroxylation is 1. The zero-order valence-electron chi connectivity index (χ0n) is 14.0. The van der Waals surface area contributed by atoms with Gasteiger partial charge in [0.15, 0.2) is 11.5 Å². The average molecular weight is 326 g/mol. The maximum atomic E-state index is 12.6. The number of hydrogen-bond acceptors (Lipinski definition) is 4. The van der Waals surface area contributed by atoms with Crippen LogP contribution in [-0.2, 0) is 6.42 Å². The van der Waals surface area contributed by atoms with E-state index in [1.54, 1.807) is 32.4 Å². The second-order valence-electron chi connectivity index (χ2n) is 5.95. The Labute approximate surface area is 141 Å². The van der Waals surface area contributed by atoms with Crippen molar-refractivity contribution in [3.05, 3.63) is 53.1 Å². The summed E-state index contributed by atoms with van der Waals surface area (Å²) in [6, 6.07) is 11.1. The number of benzene rings is 2. The monoisotopic (exact) mass is 326 g/mol. The van der Waals surface area contributed by atoms with Crippen molar-refractivity contribution < 1.29 is 14.3 Å². The molecule has 126 valence electrons. The number of carbonyl (C=O) groups excluding carboxylic acids is 1. The molecule has 1 amide bonds. The zero-order chi connectivity index (χ0) is 17.1. The molecule has 0 aromatic heterocycles. The fraction of sp³-hybridized carbons (Fsp3) is 0.316. The third-order valence-electron chi connectivity index (χ3n) is 4.43. The van der Waals surface area contributed by atoms with Crippen molar-refractivity contribution >= 4 is 11.6 Å². The Morgan fingerprint density at radius 3 is 2.67 bits per heavy atom. The van der Waals surface area contributed by atoms with Crippen LogP contribution >= 0.6 is 0 Å². The SMILES string of the molecule is COc1ccc(C(=O)NC2CCCc3cc(N)ccc32)cc1OC. The lowest BCUT2D eigenvalue weighted by atomic mass is 9.87. The summed E-state index contributed by atoms with van der Waals surface area (Å²) in [5, 5.41) is 3.12. The average Bonchev–Trinajstić information content (AvgIpc) is 2.60. The van der Waals surface area contributed by atoms with Gasteiger partial charge >= 0.3 is 0 Å².